The summed E-state index contributed by atoms with van der Waals surface area (Å²) in [5, 5.41) is 2.99. The van der Waals surface area contributed by atoms with Gasteiger partial charge in [-0.25, -0.2) is 0 Å². The second-order valence-electron chi connectivity index (χ2n) is 7.65. The first-order chi connectivity index (χ1) is 13.5. The van der Waals surface area contributed by atoms with E-state index in [4.69, 9.17) is 14.2 Å². The van der Waals surface area contributed by atoms with Crippen LogP contribution < -0.4 is 14.8 Å². The van der Waals surface area contributed by atoms with Gasteiger partial charge in [-0.3, -0.25) is 9.59 Å². The van der Waals surface area contributed by atoms with Gasteiger partial charge in [-0.15, -0.1) is 0 Å². The number of rotatable bonds is 7. The summed E-state index contributed by atoms with van der Waals surface area (Å²) in [6.45, 7) is 5.31. The van der Waals surface area contributed by atoms with Gasteiger partial charge in [-0.2, -0.15) is 0 Å². The van der Waals surface area contributed by atoms with Crippen LogP contribution in [0.5, 0.6) is 11.5 Å². The summed E-state index contributed by atoms with van der Waals surface area (Å²) in [6, 6.07) is 7.09. The Morgan fingerprint density at radius 2 is 2.07 bits per heavy atom. The topological polar surface area (TPSA) is 77.1 Å². The van der Waals surface area contributed by atoms with Gasteiger partial charge in [0.15, 0.2) is 0 Å². The fourth-order valence-corrected chi connectivity index (χ4v) is 4.42. The molecule has 2 bridgehead atoms. The molecule has 3 heterocycles. The predicted molar refractivity (Wildman–Crippen MR) is 102 cm³/mol. The summed E-state index contributed by atoms with van der Waals surface area (Å²) < 4.78 is 16.9. The molecule has 2 saturated heterocycles. The molecular formula is C21H26N2O5. The molecule has 2 fully saturated rings. The van der Waals surface area contributed by atoms with Crippen LogP contribution in [-0.4, -0.2) is 61.3 Å². The summed E-state index contributed by atoms with van der Waals surface area (Å²) in [5.74, 6) is 0.399. The molecule has 0 aromatic heterocycles. The zero-order valence-corrected chi connectivity index (χ0v) is 16.4. The number of amides is 2. The summed E-state index contributed by atoms with van der Waals surface area (Å²) in [5.41, 5.74) is -0.636. The van der Waals surface area contributed by atoms with Crippen molar-refractivity contribution in [2.45, 2.75) is 31.6 Å². The van der Waals surface area contributed by atoms with Crippen LogP contribution in [0.1, 0.15) is 13.8 Å². The smallest absolute Gasteiger partial charge is 0.230 e. The van der Waals surface area contributed by atoms with Crippen LogP contribution in [0, 0.1) is 11.8 Å². The van der Waals surface area contributed by atoms with E-state index in [1.165, 1.54) is 0 Å². The molecular weight excluding hydrogens is 360 g/mol. The molecule has 1 aromatic rings. The lowest BCUT2D eigenvalue weighted by molar-refractivity contribution is -0.137. The Balaban J connectivity index is 1.37. The molecule has 7 heteroatoms. The van der Waals surface area contributed by atoms with Gasteiger partial charge >= 0.3 is 0 Å². The van der Waals surface area contributed by atoms with Crippen molar-refractivity contribution in [1.82, 2.24) is 10.2 Å². The van der Waals surface area contributed by atoms with Gasteiger partial charge in [0.1, 0.15) is 23.7 Å². The Kier molecular flexibility index (Phi) is 4.79. The highest BCUT2D eigenvalue weighted by Crippen LogP contribution is 2.51. The van der Waals surface area contributed by atoms with Crippen molar-refractivity contribution in [2.75, 3.05) is 26.8 Å². The third-order valence-electron chi connectivity index (χ3n) is 5.81. The minimum absolute atomic E-state index is 0.0108. The number of benzene rings is 1. The van der Waals surface area contributed by atoms with E-state index in [1.807, 2.05) is 50.3 Å². The van der Waals surface area contributed by atoms with Gasteiger partial charge in [0.05, 0.1) is 37.6 Å². The molecule has 1 aromatic carbocycles. The van der Waals surface area contributed by atoms with Crippen LogP contribution in [0.4, 0.5) is 0 Å². The maximum absolute atomic E-state index is 13.0. The van der Waals surface area contributed by atoms with E-state index in [9.17, 15) is 9.59 Å². The van der Waals surface area contributed by atoms with E-state index in [0.29, 0.717) is 25.4 Å². The van der Waals surface area contributed by atoms with E-state index in [-0.39, 0.29) is 24.0 Å². The summed E-state index contributed by atoms with van der Waals surface area (Å²) in [7, 11) is 1.61. The molecule has 0 radical (unpaired) electrons. The van der Waals surface area contributed by atoms with Crippen molar-refractivity contribution in [3.8, 4) is 11.5 Å². The van der Waals surface area contributed by atoms with Crippen molar-refractivity contribution in [1.29, 1.82) is 0 Å². The number of methoxy groups -OCH3 is 1. The first kappa shape index (κ1) is 18.8. The summed E-state index contributed by atoms with van der Waals surface area (Å²) in [4.78, 5) is 27.5. The molecule has 5 atom stereocenters. The van der Waals surface area contributed by atoms with Gasteiger partial charge in [-0.1, -0.05) is 12.2 Å². The molecule has 28 heavy (non-hydrogen) atoms. The predicted octanol–water partition coefficient (Wildman–Crippen LogP) is 1.38. The SMILES string of the molecule is CCN1CC23C=CC(O2)C(C(=O)NC(C)COc2ccc(OC)cc2)C3C1=O. The Bertz CT molecular complexity index is 792. The van der Waals surface area contributed by atoms with Crippen LogP contribution in [0.2, 0.25) is 0 Å². The average molecular weight is 386 g/mol. The molecule has 150 valence electrons. The van der Waals surface area contributed by atoms with E-state index in [1.54, 1.807) is 12.0 Å². The number of carbonyl (C=O) groups excluding carboxylic acids is 2. The van der Waals surface area contributed by atoms with Crippen molar-refractivity contribution >= 4 is 11.8 Å². The van der Waals surface area contributed by atoms with E-state index >= 15 is 0 Å². The maximum atomic E-state index is 13.0. The van der Waals surface area contributed by atoms with Gasteiger partial charge < -0.3 is 24.4 Å². The monoisotopic (exact) mass is 386 g/mol. The number of likely N-dealkylation sites (tertiary alicyclic amines) is 1. The average Bonchev–Trinajstić information content (AvgIpc) is 3.34. The number of fused-ring (bicyclic) bond motifs is 1. The minimum atomic E-state index is -0.636. The zero-order chi connectivity index (χ0) is 19.9. The third-order valence-corrected chi connectivity index (χ3v) is 5.81. The van der Waals surface area contributed by atoms with Gasteiger partial charge in [0.2, 0.25) is 11.8 Å². The molecule has 3 aliphatic heterocycles. The highest BCUT2D eigenvalue weighted by molar-refractivity contribution is 5.93. The highest BCUT2D eigenvalue weighted by Gasteiger charge is 2.66. The summed E-state index contributed by atoms with van der Waals surface area (Å²) in [6.07, 6.45) is 3.56. The van der Waals surface area contributed by atoms with Crippen molar-refractivity contribution in [2.24, 2.45) is 11.8 Å². The molecule has 0 aliphatic carbocycles. The highest BCUT2D eigenvalue weighted by atomic mass is 16.5. The lowest BCUT2D eigenvalue weighted by Gasteiger charge is -2.25. The Morgan fingerprint density at radius 1 is 1.36 bits per heavy atom. The molecule has 7 nitrogen and oxygen atoms in total. The third kappa shape index (κ3) is 3.03. The maximum Gasteiger partial charge on any atom is 0.230 e. The van der Waals surface area contributed by atoms with Crippen LogP contribution in [0.25, 0.3) is 0 Å². The van der Waals surface area contributed by atoms with Crippen molar-refractivity contribution in [3.05, 3.63) is 36.4 Å². The number of carbonyl (C=O) groups is 2. The first-order valence-electron chi connectivity index (χ1n) is 9.70. The van der Waals surface area contributed by atoms with Crippen molar-refractivity contribution in [3.63, 3.8) is 0 Å². The molecule has 4 rings (SSSR count). The van der Waals surface area contributed by atoms with Crippen molar-refractivity contribution < 1.29 is 23.8 Å². The van der Waals surface area contributed by atoms with E-state index in [0.717, 1.165) is 5.75 Å². The van der Waals surface area contributed by atoms with Crippen LogP contribution in [0.15, 0.2) is 36.4 Å². The lowest BCUT2D eigenvalue weighted by Crippen LogP contribution is -2.47. The minimum Gasteiger partial charge on any atom is -0.497 e. The second-order valence-corrected chi connectivity index (χ2v) is 7.65. The molecule has 5 unspecified atom stereocenters. The Hall–Kier alpha value is -2.54. The van der Waals surface area contributed by atoms with E-state index < -0.39 is 17.4 Å². The number of nitrogens with one attached hydrogen (secondary N) is 1. The number of nitrogens with zero attached hydrogens (tertiary/aromatic N) is 1. The number of hydrogen-bond donors (Lipinski definition) is 1. The molecule has 2 amide bonds. The normalized spacial score (nSPS) is 31.0. The van der Waals surface area contributed by atoms with Gasteiger partial charge in [0.25, 0.3) is 0 Å². The van der Waals surface area contributed by atoms with E-state index in [2.05, 4.69) is 5.32 Å². The fourth-order valence-electron chi connectivity index (χ4n) is 4.42. The lowest BCUT2D eigenvalue weighted by atomic mass is 9.76. The van der Waals surface area contributed by atoms with Gasteiger partial charge in [0, 0.05) is 6.54 Å². The molecule has 3 aliphatic rings. The number of hydrogen-bond acceptors (Lipinski definition) is 5. The Morgan fingerprint density at radius 3 is 2.75 bits per heavy atom. The first-order valence-corrected chi connectivity index (χ1v) is 9.70. The Labute approximate surface area is 164 Å². The summed E-state index contributed by atoms with van der Waals surface area (Å²) >= 11 is 0. The number of likely N-dealkylation sites (N-methyl/N-ethyl adjacent to an activating group) is 1. The molecule has 0 saturated carbocycles. The quantitative estimate of drug-likeness (QED) is 0.717. The van der Waals surface area contributed by atoms with Crippen LogP contribution in [0.3, 0.4) is 0 Å². The zero-order valence-electron chi connectivity index (χ0n) is 16.4. The van der Waals surface area contributed by atoms with Gasteiger partial charge in [-0.05, 0) is 38.1 Å². The molecule has 1 N–H and O–H groups in total. The van der Waals surface area contributed by atoms with Crippen LogP contribution >= 0.6 is 0 Å². The molecule has 1 spiro atoms. The second kappa shape index (κ2) is 7.13. The standard InChI is InChI=1S/C21H26N2O5/c1-4-23-12-21-10-9-16(28-21)17(18(21)20(23)25)19(24)22-13(2)11-27-15-7-5-14(26-3)6-8-15/h5-10,13,16-18H,4,11-12H2,1-3H3,(H,22,24). The largest absolute Gasteiger partial charge is 0.497 e. The number of ether oxygens (including phenoxy) is 3. The fraction of sp³-hybridized carbons (Fsp3) is 0.524. The van der Waals surface area contributed by atoms with Crippen LogP contribution in [-0.2, 0) is 14.3 Å².